The second kappa shape index (κ2) is 6.15. The maximum Gasteiger partial charge on any atom is 0.135 e. The molecule has 0 bridgehead atoms. The lowest BCUT2D eigenvalue weighted by Crippen LogP contribution is -2.07. The minimum Gasteiger partial charge on any atom is -0.373 e. The number of benzene rings is 1. The van der Waals surface area contributed by atoms with Crippen molar-refractivity contribution in [3.8, 4) is 0 Å². The van der Waals surface area contributed by atoms with Gasteiger partial charge in [0.1, 0.15) is 11.6 Å². The topological polar surface area (TPSA) is 37.8 Å². The van der Waals surface area contributed by atoms with Crippen LogP contribution in [0.1, 0.15) is 29.6 Å². The van der Waals surface area contributed by atoms with Crippen LogP contribution in [0.2, 0.25) is 0 Å². The molecule has 3 nitrogen and oxygen atoms in total. The van der Waals surface area contributed by atoms with Gasteiger partial charge in [-0.2, -0.15) is 0 Å². The van der Waals surface area contributed by atoms with Gasteiger partial charge in [-0.3, -0.25) is 0 Å². The fourth-order valence-electron chi connectivity index (χ4n) is 2.15. The van der Waals surface area contributed by atoms with E-state index in [1.54, 1.807) is 0 Å². The van der Waals surface area contributed by atoms with E-state index in [2.05, 4.69) is 50.3 Å². The zero-order valence-corrected chi connectivity index (χ0v) is 13.1. The van der Waals surface area contributed by atoms with Gasteiger partial charge in [0, 0.05) is 29.2 Å². The Hall–Kier alpha value is -1.42. The smallest absolute Gasteiger partial charge is 0.135 e. The van der Waals surface area contributed by atoms with Crippen LogP contribution >= 0.6 is 15.9 Å². The van der Waals surface area contributed by atoms with Gasteiger partial charge in [0.05, 0.1) is 0 Å². The summed E-state index contributed by atoms with van der Waals surface area (Å²) in [5, 5.41) is 3.16. The van der Waals surface area contributed by atoms with Crippen LogP contribution in [0.4, 0.5) is 5.82 Å². The molecule has 4 heteroatoms. The lowest BCUT2D eigenvalue weighted by Gasteiger charge is -2.11. The van der Waals surface area contributed by atoms with Crippen molar-refractivity contribution in [1.29, 1.82) is 0 Å². The molecule has 19 heavy (non-hydrogen) atoms. The first-order valence-corrected chi connectivity index (χ1v) is 7.22. The van der Waals surface area contributed by atoms with Crippen molar-refractivity contribution in [2.24, 2.45) is 0 Å². The van der Waals surface area contributed by atoms with E-state index in [1.165, 1.54) is 11.1 Å². The first-order valence-electron chi connectivity index (χ1n) is 6.42. The van der Waals surface area contributed by atoms with Crippen LogP contribution in [0.25, 0.3) is 0 Å². The summed E-state index contributed by atoms with van der Waals surface area (Å²) in [6, 6.07) is 8.27. The van der Waals surface area contributed by atoms with Crippen molar-refractivity contribution in [2.45, 2.75) is 26.7 Å². The maximum atomic E-state index is 4.61. The van der Waals surface area contributed by atoms with Crippen LogP contribution in [0, 0.1) is 6.92 Å². The SMILES string of the molecule is CCc1c(C)nc(Cc2ccc(Br)cc2)nc1NC. The average Bonchev–Trinajstić information content (AvgIpc) is 2.40. The third kappa shape index (κ3) is 3.32. The van der Waals surface area contributed by atoms with Gasteiger partial charge in [-0.1, -0.05) is 35.0 Å². The molecule has 1 heterocycles. The van der Waals surface area contributed by atoms with Crippen LogP contribution in [-0.2, 0) is 12.8 Å². The summed E-state index contributed by atoms with van der Waals surface area (Å²) < 4.78 is 1.09. The van der Waals surface area contributed by atoms with Crippen molar-refractivity contribution in [3.63, 3.8) is 0 Å². The maximum absolute atomic E-state index is 4.61. The summed E-state index contributed by atoms with van der Waals surface area (Å²) in [6.07, 6.45) is 1.70. The fraction of sp³-hybridized carbons (Fsp3) is 0.333. The summed E-state index contributed by atoms with van der Waals surface area (Å²) in [6.45, 7) is 4.17. The summed E-state index contributed by atoms with van der Waals surface area (Å²) >= 11 is 3.44. The van der Waals surface area contributed by atoms with Crippen molar-refractivity contribution in [1.82, 2.24) is 9.97 Å². The highest BCUT2D eigenvalue weighted by Gasteiger charge is 2.09. The molecule has 0 fully saturated rings. The van der Waals surface area contributed by atoms with Gasteiger partial charge >= 0.3 is 0 Å². The third-order valence-electron chi connectivity index (χ3n) is 3.13. The van der Waals surface area contributed by atoms with Crippen molar-refractivity contribution in [3.05, 3.63) is 51.4 Å². The Morgan fingerprint density at radius 2 is 1.84 bits per heavy atom. The molecule has 0 atom stereocenters. The molecule has 0 aliphatic rings. The van der Waals surface area contributed by atoms with E-state index >= 15 is 0 Å². The molecule has 1 N–H and O–H groups in total. The Morgan fingerprint density at radius 1 is 1.16 bits per heavy atom. The van der Waals surface area contributed by atoms with Gasteiger partial charge in [0.2, 0.25) is 0 Å². The molecule has 0 saturated heterocycles. The Morgan fingerprint density at radius 3 is 2.42 bits per heavy atom. The lowest BCUT2D eigenvalue weighted by atomic mass is 10.1. The minimum atomic E-state index is 0.757. The van der Waals surface area contributed by atoms with Gasteiger partial charge in [0.15, 0.2) is 0 Å². The normalized spacial score (nSPS) is 10.5. The quantitative estimate of drug-likeness (QED) is 0.932. The minimum absolute atomic E-state index is 0.757. The van der Waals surface area contributed by atoms with Crippen LogP contribution < -0.4 is 5.32 Å². The van der Waals surface area contributed by atoms with E-state index in [4.69, 9.17) is 0 Å². The summed E-state index contributed by atoms with van der Waals surface area (Å²) in [5.74, 6) is 1.81. The van der Waals surface area contributed by atoms with E-state index in [0.717, 1.165) is 34.7 Å². The number of anilines is 1. The molecule has 1 aromatic carbocycles. The zero-order chi connectivity index (χ0) is 13.8. The van der Waals surface area contributed by atoms with E-state index in [-0.39, 0.29) is 0 Å². The first kappa shape index (κ1) is 14.0. The summed E-state index contributed by atoms with van der Waals surface area (Å²) in [5.41, 5.74) is 3.48. The predicted molar refractivity (Wildman–Crippen MR) is 82.6 cm³/mol. The Bertz CT molecular complexity index is 564. The lowest BCUT2D eigenvalue weighted by molar-refractivity contribution is 0.907. The third-order valence-corrected chi connectivity index (χ3v) is 3.65. The van der Waals surface area contributed by atoms with Gasteiger partial charge in [-0.05, 0) is 31.0 Å². The van der Waals surface area contributed by atoms with Crippen LogP contribution in [-0.4, -0.2) is 17.0 Å². The van der Waals surface area contributed by atoms with Crippen molar-refractivity contribution in [2.75, 3.05) is 12.4 Å². The Labute approximate surface area is 122 Å². The highest BCUT2D eigenvalue weighted by molar-refractivity contribution is 9.10. The highest BCUT2D eigenvalue weighted by Crippen LogP contribution is 2.18. The summed E-state index contributed by atoms with van der Waals surface area (Å²) in [7, 11) is 1.91. The van der Waals surface area contributed by atoms with Crippen molar-refractivity contribution < 1.29 is 0 Å². The standard InChI is InChI=1S/C15H18BrN3/c1-4-13-10(2)18-14(19-15(13)17-3)9-11-5-7-12(16)8-6-11/h5-8H,4,9H2,1-3H3,(H,17,18,19). The molecule has 0 unspecified atom stereocenters. The molecule has 2 rings (SSSR count). The predicted octanol–water partition coefficient (Wildman–Crippen LogP) is 3.74. The van der Waals surface area contributed by atoms with Gasteiger partial charge in [0.25, 0.3) is 0 Å². The molecule has 100 valence electrons. The van der Waals surface area contributed by atoms with Crippen LogP contribution in [0.3, 0.4) is 0 Å². The number of nitrogens with zero attached hydrogens (tertiary/aromatic N) is 2. The Balaban J connectivity index is 2.30. The van der Waals surface area contributed by atoms with E-state index in [1.807, 2.05) is 26.1 Å². The molecule has 0 amide bonds. The molecule has 0 radical (unpaired) electrons. The van der Waals surface area contributed by atoms with Crippen molar-refractivity contribution >= 4 is 21.7 Å². The Kier molecular flexibility index (Phi) is 4.53. The van der Waals surface area contributed by atoms with Gasteiger partial charge in [-0.25, -0.2) is 9.97 Å². The highest BCUT2D eigenvalue weighted by atomic mass is 79.9. The second-order valence-corrected chi connectivity index (χ2v) is 5.37. The second-order valence-electron chi connectivity index (χ2n) is 4.46. The number of halogens is 1. The van der Waals surface area contributed by atoms with Crippen LogP contribution in [0.15, 0.2) is 28.7 Å². The first-order chi connectivity index (χ1) is 9.13. The van der Waals surface area contributed by atoms with E-state index in [0.29, 0.717) is 0 Å². The molecular weight excluding hydrogens is 302 g/mol. The number of aryl methyl sites for hydroxylation is 1. The largest absolute Gasteiger partial charge is 0.373 e. The number of hydrogen-bond donors (Lipinski definition) is 1. The molecule has 0 saturated carbocycles. The molecule has 0 spiro atoms. The molecule has 1 aromatic heterocycles. The number of aromatic nitrogens is 2. The molecule has 0 aliphatic carbocycles. The van der Waals surface area contributed by atoms with E-state index < -0.39 is 0 Å². The number of nitrogens with one attached hydrogen (secondary N) is 1. The number of rotatable bonds is 4. The number of hydrogen-bond acceptors (Lipinski definition) is 3. The molecule has 2 aromatic rings. The molecule has 0 aliphatic heterocycles. The molecular formula is C15H18BrN3. The zero-order valence-electron chi connectivity index (χ0n) is 11.5. The van der Waals surface area contributed by atoms with Gasteiger partial charge in [-0.15, -0.1) is 0 Å². The van der Waals surface area contributed by atoms with Crippen LogP contribution in [0.5, 0.6) is 0 Å². The van der Waals surface area contributed by atoms with E-state index in [9.17, 15) is 0 Å². The van der Waals surface area contributed by atoms with Gasteiger partial charge < -0.3 is 5.32 Å². The fourth-order valence-corrected chi connectivity index (χ4v) is 2.41. The summed E-state index contributed by atoms with van der Waals surface area (Å²) in [4.78, 5) is 9.21. The average molecular weight is 320 g/mol. The monoisotopic (exact) mass is 319 g/mol.